The van der Waals surface area contributed by atoms with Crippen molar-refractivity contribution in [1.29, 1.82) is 0 Å². The van der Waals surface area contributed by atoms with Crippen molar-refractivity contribution in [3.8, 4) is 0 Å². The fraction of sp³-hybridized carbons (Fsp3) is 0.500. The SMILES string of the molecule is CCCCCOOC(=O)c1cc(C)cc(C)c1. The van der Waals surface area contributed by atoms with E-state index >= 15 is 0 Å². The fourth-order valence-corrected chi connectivity index (χ4v) is 1.65. The van der Waals surface area contributed by atoms with Crippen molar-refractivity contribution in [2.75, 3.05) is 6.61 Å². The Bertz CT molecular complexity index is 351. The molecule has 0 aromatic heterocycles. The second-order valence-electron chi connectivity index (χ2n) is 4.28. The van der Waals surface area contributed by atoms with Gasteiger partial charge in [-0.1, -0.05) is 37.0 Å². The number of carbonyl (C=O) groups is 1. The second kappa shape index (κ2) is 7.07. The van der Waals surface area contributed by atoms with Crippen LogP contribution in [0.3, 0.4) is 0 Å². The maximum atomic E-state index is 11.6. The molecule has 0 N–H and O–H groups in total. The van der Waals surface area contributed by atoms with E-state index in [1.807, 2.05) is 19.9 Å². The van der Waals surface area contributed by atoms with Gasteiger partial charge in [-0.3, -0.25) is 4.89 Å². The third-order valence-electron chi connectivity index (χ3n) is 2.42. The molecule has 0 amide bonds. The molecule has 1 rings (SSSR count). The largest absolute Gasteiger partial charge is 0.373 e. The highest BCUT2D eigenvalue weighted by Crippen LogP contribution is 2.10. The molecule has 94 valence electrons. The van der Waals surface area contributed by atoms with E-state index in [9.17, 15) is 4.79 Å². The van der Waals surface area contributed by atoms with E-state index in [0.29, 0.717) is 12.2 Å². The molecule has 0 aliphatic carbocycles. The molecule has 0 bridgehead atoms. The average molecular weight is 236 g/mol. The highest BCUT2D eigenvalue weighted by molar-refractivity contribution is 5.89. The zero-order valence-electron chi connectivity index (χ0n) is 10.8. The Morgan fingerprint density at radius 1 is 1.12 bits per heavy atom. The molecule has 0 fully saturated rings. The van der Waals surface area contributed by atoms with Gasteiger partial charge < -0.3 is 0 Å². The standard InChI is InChI=1S/C14H20O3/c1-4-5-6-7-16-17-14(15)13-9-11(2)8-12(3)10-13/h8-10H,4-7H2,1-3H3. The van der Waals surface area contributed by atoms with Crippen LogP contribution >= 0.6 is 0 Å². The molecular formula is C14H20O3. The molecule has 1 aromatic rings. The predicted molar refractivity (Wildman–Crippen MR) is 66.8 cm³/mol. The molecule has 0 heterocycles. The zero-order chi connectivity index (χ0) is 12.7. The third-order valence-corrected chi connectivity index (χ3v) is 2.42. The Hall–Kier alpha value is -1.35. The number of benzene rings is 1. The lowest BCUT2D eigenvalue weighted by Gasteiger charge is -2.05. The normalized spacial score (nSPS) is 10.3. The first-order chi connectivity index (χ1) is 8.13. The van der Waals surface area contributed by atoms with Gasteiger partial charge in [-0.2, -0.15) is 4.89 Å². The molecule has 0 saturated carbocycles. The van der Waals surface area contributed by atoms with E-state index in [4.69, 9.17) is 9.78 Å². The summed E-state index contributed by atoms with van der Waals surface area (Å²) in [4.78, 5) is 21.3. The summed E-state index contributed by atoms with van der Waals surface area (Å²) in [5.41, 5.74) is 2.63. The van der Waals surface area contributed by atoms with Gasteiger partial charge in [-0.15, -0.1) is 0 Å². The number of hydrogen-bond acceptors (Lipinski definition) is 3. The van der Waals surface area contributed by atoms with Crippen LogP contribution in [0.2, 0.25) is 0 Å². The first kappa shape index (κ1) is 13.7. The van der Waals surface area contributed by atoms with Crippen molar-refractivity contribution >= 4 is 5.97 Å². The van der Waals surface area contributed by atoms with Crippen LogP contribution in [0.1, 0.15) is 47.7 Å². The van der Waals surface area contributed by atoms with Crippen LogP contribution in [-0.2, 0) is 9.78 Å². The maximum Gasteiger partial charge on any atom is 0.373 e. The Morgan fingerprint density at radius 3 is 2.35 bits per heavy atom. The van der Waals surface area contributed by atoms with E-state index in [2.05, 4.69) is 6.92 Å². The quantitative estimate of drug-likeness (QED) is 0.430. The van der Waals surface area contributed by atoms with Crippen LogP contribution in [0.15, 0.2) is 18.2 Å². The average Bonchev–Trinajstić information content (AvgIpc) is 2.27. The molecule has 0 radical (unpaired) electrons. The smallest absolute Gasteiger partial charge is 0.293 e. The highest BCUT2D eigenvalue weighted by atomic mass is 17.2. The van der Waals surface area contributed by atoms with Crippen molar-refractivity contribution in [2.45, 2.75) is 40.0 Å². The van der Waals surface area contributed by atoms with E-state index < -0.39 is 5.97 Å². The fourth-order valence-electron chi connectivity index (χ4n) is 1.65. The topological polar surface area (TPSA) is 35.5 Å². The van der Waals surface area contributed by atoms with Crippen LogP contribution in [0, 0.1) is 13.8 Å². The van der Waals surface area contributed by atoms with Gasteiger partial charge in [0.15, 0.2) is 0 Å². The van der Waals surface area contributed by atoms with Crippen molar-refractivity contribution in [2.24, 2.45) is 0 Å². The van der Waals surface area contributed by atoms with Crippen molar-refractivity contribution in [1.82, 2.24) is 0 Å². The molecule has 0 saturated heterocycles. The second-order valence-corrected chi connectivity index (χ2v) is 4.28. The van der Waals surface area contributed by atoms with Gasteiger partial charge in [-0.05, 0) is 32.4 Å². The molecule has 3 nitrogen and oxygen atoms in total. The summed E-state index contributed by atoms with van der Waals surface area (Å²) in [5, 5.41) is 0. The minimum Gasteiger partial charge on any atom is -0.293 e. The molecule has 0 spiro atoms. The summed E-state index contributed by atoms with van der Waals surface area (Å²) in [6, 6.07) is 5.61. The van der Waals surface area contributed by atoms with Crippen LogP contribution in [0.4, 0.5) is 0 Å². The minimum atomic E-state index is -0.423. The van der Waals surface area contributed by atoms with Crippen LogP contribution in [-0.4, -0.2) is 12.6 Å². The van der Waals surface area contributed by atoms with E-state index in [-0.39, 0.29) is 0 Å². The molecule has 1 aromatic carbocycles. The maximum absolute atomic E-state index is 11.6. The highest BCUT2D eigenvalue weighted by Gasteiger charge is 2.09. The van der Waals surface area contributed by atoms with Gasteiger partial charge in [0.1, 0.15) is 0 Å². The predicted octanol–water partition coefficient (Wildman–Crippen LogP) is 3.58. The van der Waals surface area contributed by atoms with Crippen LogP contribution in [0.25, 0.3) is 0 Å². The van der Waals surface area contributed by atoms with Crippen LogP contribution < -0.4 is 0 Å². The zero-order valence-corrected chi connectivity index (χ0v) is 10.8. The molecular weight excluding hydrogens is 216 g/mol. The van der Waals surface area contributed by atoms with Gasteiger partial charge in [-0.25, -0.2) is 4.79 Å². The summed E-state index contributed by atoms with van der Waals surface area (Å²) < 4.78 is 0. The summed E-state index contributed by atoms with van der Waals surface area (Å²) >= 11 is 0. The number of rotatable bonds is 6. The summed E-state index contributed by atoms with van der Waals surface area (Å²) in [6.07, 6.45) is 3.12. The third kappa shape index (κ3) is 5.00. The first-order valence-electron chi connectivity index (χ1n) is 6.05. The number of carbonyl (C=O) groups excluding carboxylic acids is 1. The van der Waals surface area contributed by atoms with Gasteiger partial charge >= 0.3 is 5.97 Å². The van der Waals surface area contributed by atoms with Gasteiger partial charge in [0.2, 0.25) is 0 Å². The lowest BCUT2D eigenvalue weighted by molar-refractivity contribution is -0.241. The molecule has 0 atom stereocenters. The number of unbranched alkanes of at least 4 members (excludes halogenated alkanes) is 2. The lowest BCUT2D eigenvalue weighted by Crippen LogP contribution is -2.07. The summed E-state index contributed by atoms with van der Waals surface area (Å²) in [7, 11) is 0. The minimum absolute atomic E-state index is 0.423. The van der Waals surface area contributed by atoms with Crippen molar-refractivity contribution < 1.29 is 14.6 Å². The van der Waals surface area contributed by atoms with Gasteiger partial charge in [0.25, 0.3) is 0 Å². The number of hydrogen-bond donors (Lipinski definition) is 0. The molecule has 17 heavy (non-hydrogen) atoms. The van der Waals surface area contributed by atoms with Crippen molar-refractivity contribution in [3.63, 3.8) is 0 Å². The van der Waals surface area contributed by atoms with Crippen LogP contribution in [0.5, 0.6) is 0 Å². The number of aryl methyl sites for hydroxylation is 2. The lowest BCUT2D eigenvalue weighted by atomic mass is 10.1. The molecule has 0 unspecified atom stereocenters. The Labute approximate surface area is 103 Å². The summed E-state index contributed by atoms with van der Waals surface area (Å²) in [5.74, 6) is -0.423. The Kier molecular flexibility index (Phi) is 5.70. The first-order valence-corrected chi connectivity index (χ1v) is 6.05. The monoisotopic (exact) mass is 236 g/mol. The van der Waals surface area contributed by atoms with E-state index in [1.165, 1.54) is 0 Å². The van der Waals surface area contributed by atoms with E-state index in [1.54, 1.807) is 12.1 Å². The van der Waals surface area contributed by atoms with E-state index in [0.717, 1.165) is 30.4 Å². The molecule has 0 aliphatic heterocycles. The van der Waals surface area contributed by atoms with Gasteiger partial charge in [0.05, 0.1) is 12.2 Å². The summed E-state index contributed by atoms with van der Waals surface area (Å²) in [6.45, 7) is 6.48. The Balaban J connectivity index is 2.41. The molecule has 0 aliphatic rings. The van der Waals surface area contributed by atoms with Gasteiger partial charge in [0, 0.05) is 0 Å². The molecule has 3 heteroatoms. The Morgan fingerprint density at radius 2 is 1.76 bits per heavy atom. The van der Waals surface area contributed by atoms with Crippen molar-refractivity contribution in [3.05, 3.63) is 34.9 Å².